The predicted octanol–water partition coefficient (Wildman–Crippen LogP) is 3.74. The smallest absolute Gasteiger partial charge is 0.168 e. The number of hydrogen-bond acceptors (Lipinski definition) is 5. The first kappa shape index (κ1) is 15.6. The van der Waals surface area contributed by atoms with Crippen molar-refractivity contribution in [2.75, 3.05) is 5.32 Å². The number of nitrogens with zero attached hydrogens (tertiary/aromatic N) is 6. The Balaban J connectivity index is 1.81. The number of fused-ring (bicyclic) bond motifs is 1. The van der Waals surface area contributed by atoms with Crippen molar-refractivity contribution in [1.82, 2.24) is 29.5 Å². The zero-order valence-corrected chi connectivity index (χ0v) is 14.6. The van der Waals surface area contributed by atoms with E-state index in [-0.39, 0.29) is 0 Å². The van der Waals surface area contributed by atoms with Crippen molar-refractivity contribution in [2.45, 2.75) is 20.4 Å². The van der Waals surface area contributed by atoms with Gasteiger partial charge in [-0.05, 0) is 32.0 Å². The molecule has 0 amide bonds. The van der Waals surface area contributed by atoms with Crippen LogP contribution in [0.15, 0.2) is 42.9 Å². The van der Waals surface area contributed by atoms with Gasteiger partial charge in [0, 0.05) is 17.8 Å². The lowest BCUT2D eigenvalue weighted by Gasteiger charge is -2.07. The molecule has 0 aliphatic rings. The number of aromatic nitrogens is 6. The van der Waals surface area contributed by atoms with Crippen molar-refractivity contribution in [3.63, 3.8) is 0 Å². The largest absolute Gasteiger partial charge is 0.337 e. The summed E-state index contributed by atoms with van der Waals surface area (Å²) in [6.45, 7) is 4.71. The zero-order chi connectivity index (χ0) is 17.4. The Morgan fingerprint density at radius 2 is 2.04 bits per heavy atom. The molecule has 3 heterocycles. The molecule has 0 unspecified atom stereocenters. The van der Waals surface area contributed by atoms with Gasteiger partial charge >= 0.3 is 0 Å². The summed E-state index contributed by atoms with van der Waals surface area (Å²) in [6, 6.07) is 7.50. The van der Waals surface area contributed by atoms with E-state index in [0.29, 0.717) is 16.7 Å². The van der Waals surface area contributed by atoms with E-state index in [2.05, 4.69) is 25.5 Å². The molecule has 0 radical (unpaired) electrons. The van der Waals surface area contributed by atoms with Crippen molar-refractivity contribution >= 4 is 34.1 Å². The SMILES string of the molecule is CCn1cc(Nc2nc(C)nc3c2cnn3-c2cccc(Cl)c2)cn1. The fraction of sp³-hybridized carbons (Fsp3) is 0.176. The molecule has 0 bridgehead atoms. The van der Waals surface area contributed by atoms with Crippen LogP contribution in [-0.4, -0.2) is 29.5 Å². The first-order valence-electron chi connectivity index (χ1n) is 7.92. The number of benzene rings is 1. The van der Waals surface area contributed by atoms with Crippen molar-refractivity contribution < 1.29 is 0 Å². The maximum absolute atomic E-state index is 6.10. The van der Waals surface area contributed by atoms with Crippen molar-refractivity contribution in [3.8, 4) is 5.69 Å². The minimum absolute atomic E-state index is 0.650. The molecule has 0 saturated carbocycles. The fourth-order valence-corrected chi connectivity index (χ4v) is 2.83. The van der Waals surface area contributed by atoms with Crippen LogP contribution >= 0.6 is 11.6 Å². The monoisotopic (exact) mass is 353 g/mol. The van der Waals surface area contributed by atoms with Crippen LogP contribution in [0, 0.1) is 6.92 Å². The van der Waals surface area contributed by atoms with E-state index in [4.69, 9.17) is 11.6 Å². The van der Waals surface area contributed by atoms with E-state index >= 15 is 0 Å². The molecule has 0 aliphatic heterocycles. The lowest BCUT2D eigenvalue weighted by Crippen LogP contribution is -2.01. The Morgan fingerprint density at radius 3 is 2.80 bits per heavy atom. The van der Waals surface area contributed by atoms with Gasteiger partial charge in [0.15, 0.2) is 5.65 Å². The van der Waals surface area contributed by atoms with Gasteiger partial charge in [-0.25, -0.2) is 14.6 Å². The minimum Gasteiger partial charge on any atom is -0.337 e. The molecule has 3 aromatic heterocycles. The number of rotatable bonds is 4. The highest BCUT2D eigenvalue weighted by molar-refractivity contribution is 6.30. The van der Waals surface area contributed by atoms with Gasteiger partial charge in [0.25, 0.3) is 0 Å². The van der Waals surface area contributed by atoms with Crippen molar-refractivity contribution in [1.29, 1.82) is 0 Å². The van der Waals surface area contributed by atoms with E-state index in [9.17, 15) is 0 Å². The Hall–Kier alpha value is -2.93. The molecule has 0 spiro atoms. The number of anilines is 2. The average Bonchev–Trinajstić information content (AvgIpc) is 3.21. The number of halogens is 1. The zero-order valence-electron chi connectivity index (χ0n) is 13.8. The Morgan fingerprint density at radius 1 is 1.16 bits per heavy atom. The summed E-state index contributed by atoms with van der Waals surface area (Å²) in [5, 5.41) is 13.5. The first-order valence-corrected chi connectivity index (χ1v) is 8.29. The molecule has 0 atom stereocenters. The standard InChI is InChI=1S/C17H16ClN7/c1-3-24-10-13(8-19-24)23-16-15-9-20-25(17(15)22-11(2)21-16)14-6-4-5-12(18)7-14/h4-10H,3H2,1-2H3,(H,21,22,23). The molecule has 7 nitrogen and oxygen atoms in total. The summed E-state index contributed by atoms with van der Waals surface area (Å²) < 4.78 is 3.61. The van der Waals surface area contributed by atoms with E-state index in [1.165, 1.54) is 0 Å². The highest BCUT2D eigenvalue weighted by Gasteiger charge is 2.13. The fourth-order valence-electron chi connectivity index (χ4n) is 2.65. The number of nitrogens with one attached hydrogen (secondary N) is 1. The van der Waals surface area contributed by atoms with Gasteiger partial charge in [0.1, 0.15) is 11.6 Å². The van der Waals surface area contributed by atoms with E-state index in [1.54, 1.807) is 17.1 Å². The van der Waals surface area contributed by atoms with Crippen LogP contribution in [0.1, 0.15) is 12.7 Å². The third kappa shape index (κ3) is 2.94. The lowest BCUT2D eigenvalue weighted by molar-refractivity contribution is 0.660. The van der Waals surface area contributed by atoms with Crippen molar-refractivity contribution in [2.24, 2.45) is 0 Å². The maximum Gasteiger partial charge on any atom is 0.168 e. The van der Waals surface area contributed by atoms with Gasteiger partial charge < -0.3 is 5.32 Å². The molecule has 1 N–H and O–H groups in total. The first-order chi connectivity index (χ1) is 12.1. The molecule has 0 saturated heterocycles. The molecule has 4 rings (SSSR count). The number of aryl methyl sites for hydroxylation is 2. The summed E-state index contributed by atoms with van der Waals surface area (Å²) in [5.41, 5.74) is 2.45. The topological polar surface area (TPSA) is 73.5 Å². The third-order valence-electron chi connectivity index (χ3n) is 3.81. The second-order valence-electron chi connectivity index (χ2n) is 5.60. The molecule has 1 aromatic carbocycles. The van der Waals surface area contributed by atoms with Crippen LogP contribution in [-0.2, 0) is 6.54 Å². The Bertz CT molecular complexity index is 1050. The molecular formula is C17H16ClN7. The predicted molar refractivity (Wildman–Crippen MR) is 97.6 cm³/mol. The van der Waals surface area contributed by atoms with E-state index in [0.717, 1.165) is 29.0 Å². The molecule has 4 aromatic rings. The van der Waals surface area contributed by atoms with Crippen LogP contribution in [0.3, 0.4) is 0 Å². The number of hydrogen-bond donors (Lipinski definition) is 1. The normalized spacial score (nSPS) is 11.2. The van der Waals surface area contributed by atoms with Gasteiger partial charge in [-0.3, -0.25) is 4.68 Å². The van der Waals surface area contributed by atoms with Crippen LogP contribution in [0.25, 0.3) is 16.7 Å². The highest BCUT2D eigenvalue weighted by atomic mass is 35.5. The van der Waals surface area contributed by atoms with Gasteiger partial charge in [0.2, 0.25) is 0 Å². The van der Waals surface area contributed by atoms with Gasteiger partial charge in [-0.15, -0.1) is 0 Å². The summed E-state index contributed by atoms with van der Waals surface area (Å²) in [6.07, 6.45) is 5.46. The van der Waals surface area contributed by atoms with E-state index < -0.39 is 0 Å². The molecule has 126 valence electrons. The van der Waals surface area contributed by atoms with Crippen LogP contribution in [0.2, 0.25) is 5.02 Å². The summed E-state index contributed by atoms with van der Waals surface area (Å²) >= 11 is 6.10. The highest BCUT2D eigenvalue weighted by Crippen LogP contribution is 2.26. The second-order valence-corrected chi connectivity index (χ2v) is 6.04. The quantitative estimate of drug-likeness (QED) is 0.605. The summed E-state index contributed by atoms with van der Waals surface area (Å²) in [7, 11) is 0. The van der Waals surface area contributed by atoms with E-state index in [1.807, 2.05) is 49.0 Å². The summed E-state index contributed by atoms with van der Waals surface area (Å²) in [4.78, 5) is 9.07. The Kier molecular flexibility index (Phi) is 3.85. The van der Waals surface area contributed by atoms with Gasteiger partial charge in [0.05, 0.1) is 29.2 Å². The second kappa shape index (κ2) is 6.18. The lowest BCUT2D eigenvalue weighted by atomic mass is 10.3. The van der Waals surface area contributed by atoms with Crippen molar-refractivity contribution in [3.05, 3.63) is 53.7 Å². The molecule has 25 heavy (non-hydrogen) atoms. The molecule has 0 aliphatic carbocycles. The van der Waals surface area contributed by atoms with Gasteiger partial charge in [-0.1, -0.05) is 17.7 Å². The Labute approximate surface area is 149 Å². The third-order valence-corrected chi connectivity index (χ3v) is 4.05. The van der Waals surface area contributed by atoms with Gasteiger partial charge in [-0.2, -0.15) is 10.2 Å². The average molecular weight is 354 g/mol. The molecule has 8 heteroatoms. The molecular weight excluding hydrogens is 338 g/mol. The molecule has 0 fully saturated rings. The van der Waals surface area contributed by atoms with Crippen LogP contribution < -0.4 is 5.32 Å². The van der Waals surface area contributed by atoms with Crippen LogP contribution in [0.4, 0.5) is 11.5 Å². The summed E-state index contributed by atoms with van der Waals surface area (Å²) in [5.74, 6) is 1.35. The maximum atomic E-state index is 6.10. The van der Waals surface area contributed by atoms with Crippen LogP contribution in [0.5, 0.6) is 0 Å². The minimum atomic E-state index is 0.650.